The van der Waals surface area contributed by atoms with Crippen LogP contribution in [0, 0.1) is 29.1 Å². The van der Waals surface area contributed by atoms with Crippen LogP contribution < -0.4 is 0 Å². The minimum Gasteiger partial charge on any atom is -0.422 e. The number of fused-ring (bicyclic) bond motifs is 1. The van der Waals surface area contributed by atoms with Crippen LogP contribution in [-0.2, 0) is 19.1 Å². The first-order chi connectivity index (χ1) is 17.5. The van der Waals surface area contributed by atoms with Crippen molar-refractivity contribution in [3.8, 4) is 0 Å². The van der Waals surface area contributed by atoms with E-state index in [4.69, 9.17) is 9.47 Å². The molecule has 5 nitrogen and oxygen atoms in total. The number of esters is 2. The van der Waals surface area contributed by atoms with Crippen molar-refractivity contribution in [2.24, 2.45) is 29.1 Å². The number of rotatable bonds is 6. The molecule has 3 saturated carbocycles. The van der Waals surface area contributed by atoms with Crippen molar-refractivity contribution in [2.75, 3.05) is 0 Å². The molecule has 0 aromatic heterocycles. The summed E-state index contributed by atoms with van der Waals surface area (Å²) in [5.74, 6) is -0.617. The highest BCUT2D eigenvalue weighted by Gasteiger charge is 2.67. The Morgan fingerprint density at radius 3 is 2.41 bits per heavy atom. The van der Waals surface area contributed by atoms with E-state index in [1.54, 1.807) is 0 Å². The van der Waals surface area contributed by atoms with Gasteiger partial charge in [-0.15, -0.1) is 0 Å². The van der Waals surface area contributed by atoms with E-state index in [0.29, 0.717) is 25.2 Å². The predicted molar refractivity (Wildman–Crippen MR) is 145 cm³/mol. The van der Waals surface area contributed by atoms with Crippen LogP contribution in [0.1, 0.15) is 111 Å². The maximum absolute atomic E-state index is 12.9. The van der Waals surface area contributed by atoms with Gasteiger partial charge in [0.1, 0.15) is 0 Å². The number of carbonyl (C=O) groups is 2. The molecule has 5 atom stereocenters. The maximum atomic E-state index is 12.9. The van der Waals surface area contributed by atoms with E-state index < -0.39 is 5.79 Å². The number of carbonyl (C=O) groups excluding carboxylic acids is 2. The molecule has 5 heteroatoms. The molecule has 0 amide bonds. The second-order valence-electron chi connectivity index (χ2n) is 12.9. The van der Waals surface area contributed by atoms with E-state index in [-0.39, 0.29) is 54.1 Å². The molecule has 37 heavy (non-hydrogen) atoms. The lowest BCUT2D eigenvalue weighted by molar-refractivity contribution is -0.256. The molecule has 4 rings (SSSR count). The highest BCUT2D eigenvalue weighted by atomic mass is 16.7. The Balaban J connectivity index is 1.70. The van der Waals surface area contributed by atoms with Crippen LogP contribution in [-0.4, -0.2) is 28.9 Å². The zero-order valence-corrected chi connectivity index (χ0v) is 23.5. The van der Waals surface area contributed by atoms with Crippen molar-refractivity contribution in [1.82, 2.24) is 0 Å². The second-order valence-corrected chi connectivity index (χ2v) is 12.9. The van der Waals surface area contributed by atoms with Crippen LogP contribution in [0.2, 0.25) is 0 Å². The summed E-state index contributed by atoms with van der Waals surface area (Å²) in [6.07, 6.45) is 14.3. The molecule has 3 aliphatic carbocycles. The van der Waals surface area contributed by atoms with E-state index in [2.05, 4.69) is 46.4 Å². The molecule has 0 unspecified atom stereocenters. The molecule has 1 saturated heterocycles. The third-order valence-corrected chi connectivity index (χ3v) is 9.63. The van der Waals surface area contributed by atoms with Crippen molar-refractivity contribution in [3.05, 3.63) is 35.5 Å². The summed E-state index contributed by atoms with van der Waals surface area (Å²) in [7, 11) is 0. The summed E-state index contributed by atoms with van der Waals surface area (Å²) < 4.78 is 12.5. The third kappa shape index (κ3) is 6.08. The van der Waals surface area contributed by atoms with Crippen molar-refractivity contribution in [3.63, 3.8) is 0 Å². The first-order valence-corrected chi connectivity index (χ1v) is 14.7. The molecule has 206 valence electrons. The predicted octanol–water partition coefficient (Wildman–Crippen LogP) is 7.20. The average molecular weight is 513 g/mol. The van der Waals surface area contributed by atoms with Gasteiger partial charge in [0, 0.05) is 25.2 Å². The normalized spacial score (nSPS) is 35.3. The standard InChI is InChI=1S/C32H48O5/c1-21(2)9-6-10-23(4)30-31(5)18-8-11-24(15-16-25-19-26(33)17-14-22(25)3)27(31)20-32(30)36-28(34)12-7-13-29(35)37-32/h15-16,21,23,26-27,30,33H,3,6-14,17-20H2,1-2,4-5H3/b24-15+,25-16+/t23-,26+,27+,30-,31-/m1/s1. The molecule has 0 bridgehead atoms. The van der Waals surface area contributed by atoms with E-state index in [1.807, 2.05) is 0 Å². The van der Waals surface area contributed by atoms with Gasteiger partial charge in [0.05, 0.1) is 6.10 Å². The Kier molecular flexibility index (Phi) is 8.72. The van der Waals surface area contributed by atoms with E-state index >= 15 is 0 Å². The van der Waals surface area contributed by atoms with E-state index in [0.717, 1.165) is 62.5 Å². The topological polar surface area (TPSA) is 72.8 Å². The van der Waals surface area contributed by atoms with Crippen LogP contribution >= 0.6 is 0 Å². The van der Waals surface area contributed by atoms with Crippen molar-refractivity contribution in [2.45, 2.75) is 123 Å². The molecule has 4 aliphatic rings. The van der Waals surface area contributed by atoms with Crippen molar-refractivity contribution in [1.29, 1.82) is 0 Å². The van der Waals surface area contributed by atoms with Crippen molar-refractivity contribution >= 4 is 11.9 Å². The first kappa shape index (κ1) is 28.1. The summed E-state index contributed by atoms with van der Waals surface area (Å²) in [6.45, 7) is 13.4. The summed E-state index contributed by atoms with van der Waals surface area (Å²) in [6, 6.07) is 0. The monoisotopic (exact) mass is 512 g/mol. The minimum atomic E-state index is -1.19. The molecule has 1 aliphatic heterocycles. The molecule has 1 N–H and O–H groups in total. The number of allylic oxidation sites excluding steroid dienone is 4. The summed E-state index contributed by atoms with van der Waals surface area (Å²) in [5, 5.41) is 10.2. The van der Waals surface area contributed by atoms with Gasteiger partial charge in [0.25, 0.3) is 5.79 Å². The van der Waals surface area contributed by atoms with Crippen LogP contribution in [0.4, 0.5) is 0 Å². The number of aliphatic hydroxyl groups is 1. The molecule has 0 aromatic rings. The SMILES string of the molecule is C=C1CC[C@H](O)C/C1=C\C=C1/CCC[C@]2(C)[C@H]1CC1(OC(=O)CCCC(=O)O1)[C@@H]2[C@H](C)CCCC(C)C. The van der Waals surface area contributed by atoms with E-state index in [9.17, 15) is 14.7 Å². The summed E-state index contributed by atoms with van der Waals surface area (Å²) >= 11 is 0. The Morgan fingerprint density at radius 2 is 1.73 bits per heavy atom. The summed E-state index contributed by atoms with van der Waals surface area (Å²) in [5.41, 5.74) is 3.47. The number of ether oxygens (including phenoxy) is 2. The van der Waals surface area contributed by atoms with Gasteiger partial charge in [-0.05, 0) is 73.7 Å². The molecule has 4 fully saturated rings. The fraction of sp³-hybridized carbons (Fsp3) is 0.750. The van der Waals surface area contributed by atoms with Crippen LogP contribution in [0.3, 0.4) is 0 Å². The van der Waals surface area contributed by atoms with Gasteiger partial charge in [0.15, 0.2) is 0 Å². The third-order valence-electron chi connectivity index (χ3n) is 9.63. The smallest absolute Gasteiger partial charge is 0.309 e. The molecular formula is C32H48O5. The second kappa shape index (κ2) is 11.5. The lowest BCUT2D eigenvalue weighted by atomic mass is 9.60. The quantitative estimate of drug-likeness (QED) is 0.381. The Morgan fingerprint density at radius 1 is 1.03 bits per heavy atom. The highest BCUT2D eigenvalue weighted by Crippen LogP contribution is 2.65. The average Bonchev–Trinajstić information content (AvgIpc) is 3.06. The van der Waals surface area contributed by atoms with Gasteiger partial charge in [-0.3, -0.25) is 9.59 Å². The minimum absolute atomic E-state index is 0.0361. The molecule has 0 radical (unpaired) electrons. The number of hydrogen-bond acceptors (Lipinski definition) is 5. The van der Waals surface area contributed by atoms with Gasteiger partial charge < -0.3 is 14.6 Å². The van der Waals surface area contributed by atoms with Crippen molar-refractivity contribution < 1.29 is 24.2 Å². The highest BCUT2D eigenvalue weighted by molar-refractivity contribution is 5.75. The van der Waals surface area contributed by atoms with Gasteiger partial charge in [0.2, 0.25) is 0 Å². The molecule has 1 heterocycles. The molecular weight excluding hydrogens is 464 g/mol. The van der Waals surface area contributed by atoms with Crippen LogP contribution in [0.25, 0.3) is 0 Å². The van der Waals surface area contributed by atoms with Crippen LogP contribution in [0.15, 0.2) is 35.5 Å². The molecule has 1 spiro atoms. The Hall–Kier alpha value is -1.88. The molecule has 0 aromatic carbocycles. The fourth-order valence-corrected chi connectivity index (χ4v) is 7.88. The lowest BCUT2D eigenvalue weighted by Crippen LogP contribution is -2.50. The fourth-order valence-electron chi connectivity index (χ4n) is 7.88. The Bertz CT molecular complexity index is 925. The zero-order valence-electron chi connectivity index (χ0n) is 23.5. The first-order valence-electron chi connectivity index (χ1n) is 14.7. The van der Waals surface area contributed by atoms with Crippen LogP contribution in [0.5, 0.6) is 0 Å². The van der Waals surface area contributed by atoms with Gasteiger partial charge in [-0.2, -0.15) is 0 Å². The number of hydrogen-bond donors (Lipinski definition) is 1. The lowest BCUT2D eigenvalue weighted by Gasteiger charge is -2.46. The largest absolute Gasteiger partial charge is 0.422 e. The van der Waals surface area contributed by atoms with E-state index in [1.165, 1.54) is 5.57 Å². The number of aliphatic hydroxyl groups excluding tert-OH is 1. The Labute approximate surface area is 223 Å². The van der Waals surface area contributed by atoms with Gasteiger partial charge in [-0.1, -0.05) is 76.8 Å². The van der Waals surface area contributed by atoms with Gasteiger partial charge in [-0.25, -0.2) is 0 Å². The zero-order chi connectivity index (χ0) is 26.8. The maximum Gasteiger partial charge on any atom is 0.309 e. The summed E-state index contributed by atoms with van der Waals surface area (Å²) in [4.78, 5) is 25.8. The van der Waals surface area contributed by atoms with Gasteiger partial charge >= 0.3 is 11.9 Å².